The number of amides is 1. The summed E-state index contributed by atoms with van der Waals surface area (Å²) in [7, 11) is 0. The van der Waals surface area contributed by atoms with Crippen molar-refractivity contribution < 1.29 is 44.9 Å². The zero-order valence-corrected chi connectivity index (χ0v) is 31.8. The second kappa shape index (κ2) is 31.4. The maximum atomic E-state index is 13.0. The lowest BCUT2D eigenvalue weighted by atomic mass is 9.99. The van der Waals surface area contributed by atoms with Gasteiger partial charge in [-0.2, -0.15) is 0 Å². The molecular weight excluding hydrogens is 638 g/mol. The Kier molecular flexibility index (Phi) is 29.5. The van der Waals surface area contributed by atoms with Gasteiger partial charge in [-0.25, -0.2) is 0 Å². The average Bonchev–Trinajstić information content (AvgIpc) is 3.11. The molecule has 1 aliphatic heterocycles. The smallest absolute Gasteiger partial charge is 0.249 e. The summed E-state index contributed by atoms with van der Waals surface area (Å²) in [6.45, 7) is 3.61. The zero-order valence-electron chi connectivity index (χ0n) is 31.8. The molecule has 1 saturated heterocycles. The molecular formula is C40H77NO9. The molecule has 8 atom stereocenters. The standard InChI is InChI=1S/C40H77NO9/c1-3-5-7-9-11-13-15-17-19-20-22-24-26-28-33(43)32(31-49-40-38(47)37(46)36(45)35(30-42)50-40)41-39(48)34(44)29-27-25-23-21-18-16-14-12-10-8-6-4-2/h19-20,32-38,40,42-47H,3-18,21-31H2,1-2H3,(H,41,48)/b20-19-/t32-,33+,34+,35+,36+,37-,38+,40+/m0/s1. The van der Waals surface area contributed by atoms with Gasteiger partial charge in [0, 0.05) is 0 Å². The lowest BCUT2D eigenvalue weighted by molar-refractivity contribution is -0.302. The van der Waals surface area contributed by atoms with Gasteiger partial charge in [0.15, 0.2) is 6.29 Å². The van der Waals surface area contributed by atoms with Crippen LogP contribution in [-0.4, -0.2) is 98.7 Å². The van der Waals surface area contributed by atoms with Crippen LogP contribution in [0.4, 0.5) is 0 Å². The fourth-order valence-corrected chi connectivity index (χ4v) is 6.51. The van der Waals surface area contributed by atoms with Crippen LogP contribution in [0.25, 0.3) is 0 Å². The molecule has 0 unspecified atom stereocenters. The lowest BCUT2D eigenvalue weighted by Gasteiger charge is -2.40. The summed E-state index contributed by atoms with van der Waals surface area (Å²) >= 11 is 0. The summed E-state index contributed by atoms with van der Waals surface area (Å²) in [4.78, 5) is 13.0. The van der Waals surface area contributed by atoms with Crippen molar-refractivity contribution in [2.45, 2.75) is 223 Å². The second-order valence-corrected chi connectivity index (χ2v) is 14.6. The zero-order chi connectivity index (χ0) is 36.8. The first-order valence-electron chi connectivity index (χ1n) is 20.5. The van der Waals surface area contributed by atoms with Crippen LogP contribution in [-0.2, 0) is 14.3 Å². The lowest BCUT2D eigenvalue weighted by Crippen LogP contribution is -2.60. The number of aliphatic hydroxyl groups excluding tert-OH is 6. The molecule has 0 aromatic rings. The van der Waals surface area contributed by atoms with E-state index in [1.54, 1.807) is 0 Å². The minimum Gasteiger partial charge on any atom is -0.394 e. The Bertz CT molecular complexity index is 814. The van der Waals surface area contributed by atoms with Crippen LogP contribution >= 0.6 is 0 Å². The van der Waals surface area contributed by atoms with Crippen LogP contribution in [0.15, 0.2) is 12.2 Å². The van der Waals surface area contributed by atoms with Gasteiger partial charge in [0.2, 0.25) is 5.91 Å². The molecule has 0 aromatic heterocycles. The summed E-state index contributed by atoms with van der Waals surface area (Å²) in [6, 6.07) is -0.903. The van der Waals surface area contributed by atoms with Crippen LogP contribution < -0.4 is 5.32 Å². The number of carbonyl (C=O) groups is 1. The number of hydrogen-bond donors (Lipinski definition) is 7. The molecule has 1 rings (SSSR count). The van der Waals surface area contributed by atoms with Crippen LogP contribution in [0, 0.1) is 0 Å². The SMILES string of the molecule is CCCCCCCCC/C=C\CCCC[C@@H](O)[C@H](CO[C@@H]1O[C@H](CO)[C@@H](O)[C@H](O)[C@H]1O)NC(=O)[C@H](O)CCCCCCCCCCCCCC. The second-order valence-electron chi connectivity index (χ2n) is 14.6. The number of ether oxygens (including phenoxy) is 2. The van der Waals surface area contributed by atoms with Crippen molar-refractivity contribution in [3.05, 3.63) is 12.2 Å². The van der Waals surface area contributed by atoms with Crippen molar-refractivity contribution in [1.29, 1.82) is 0 Å². The highest BCUT2D eigenvalue weighted by Gasteiger charge is 2.44. The molecule has 1 aliphatic rings. The number of nitrogens with one attached hydrogen (secondary N) is 1. The fourth-order valence-electron chi connectivity index (χ4n) is 6.51. The monoisotopic (exact) mass is 716 g/mol. The highest BCUT2D eigenvalue weighted by Crippen LogP contribution is 2.23. The van der Waals surface area contributed by atoms with E-state index in [0.717, 1.165) is 51.4 Å². The van der Waals surface area contributed by atoms with Crippen LogP contribution in [0.5, 0.6) is 0 Å². The number of carbonyl (C=O) groups excluding carboxylic acids is 1. The maximum Gasteiger partial charge on any atom is 0.249 e. The van der Waals surface area contributed by atoms with Gasteiger partial charge in [0.1, 0.15) is 30.5 Å². The van der Waals surface area contributed by atoms with Gasteiger partial charge in [-0.3, -0.25) is 4.79 Å². The molecule has 1 fully saturated rings. The Morgan fingerprint density at radius 2 is 1.12 bits per heavy atom. The topological polar surface area (TPSA) is 169 Å². The van der Waals surface area contributed by atoms with Crippen molar-refractivity contribution in [3.8, 4) is 0 Å². The predicted octanol–water partition coefficient (Wildman–Crippen LogP) is 6.36. The van der Waals surface area contributed by atoms with Gasteiger partial charge >= 0.3 is 0 Å². The van der Waals surface area contributed by atoms with E-state index in [1.807, 2.05) is 0 Å². The van der Waals surface area contributed by atoms with Crippen molar-refractivity contribution in [3.63, 3.8) is 0 Å². The first-order valence-corrected chi connectivity index (χ1v) is 20.5. The molecule has 7 N–H and O–H groups in total. The Morgan fingerprint density at radius 3 is 1.64 bits per heavy atom. The van der Waals surface area contributed by atoms with E-state index < -0.39 is 61.5 Å². The summed E-state index contributed by atoms with van der Waals surface area (Å²) in [5, 5.41) is 64.5. The largest absolute Gasteiger partial charge is 0.394 e. The Morgan fingerprint density at radius 1 is 0.660 bits per heavy atom. The van der Waals surface area contributed by atoms with Gasteiger partial charge in [-0.1, -0.05) is 148 Å². The highest BCUT2D eigenvalue weighted by atomic mass is 16.7. The van der Waals surface area contributed by atoms with Crippen molar-refractivity contribution in [2.75, 3.05) is 13.2 Å². The minimum atomic E-state index is -1.60. The van der Waals surface area contributed by atoms with Crippen LogP contribution in [0.1, 0.15) is 174 Å². The number of allylic oxidation sites excluding steroid dienone is 2. The third-order valence-corrected chi connectivity index (χ3v) is 9.98. The van der Waals surface area contributed by atoms with E-state index in [-0.39, 0.29) is 6.61 Å². The number of rotatable bonds is 33. The van der Waals surface area contributed by atoms with Gasteiger partial charge in [-0.05, 0) is 38.5 Å². The fraction of sp³-hybridized carbons (Fsp3) is 0.925. The van der Waals surface area contributed by atoms with E-state index in [0.29, 0.717) is 12.8 Å². The molecule has 296 valence electrons. The third kappa shape index (κ3) is 22.1. The molecule has 0 aromatic carbocycles. The van der Waals surface area contributed by atoms with Crippen molar-refractivity contribution in [2.24, 2.45) is 0 Å². The van der Waals surface area contributed by atoms with Crippen molar-refractivity contribution >= 4 is 5.91 Å². The van der Waals surface area contributed by atoms with Gasteiger partial charge in [0.25, 0.3) is 0 Å². The van der Waals surface area contributed by atoms with E-state index in [2.05, 4.69) is 31.3 Å². The molecule has 1 heterocycles. The molecule has 0 aliphatic carbocycles. The Hall–Kier alpha value is -1.11. The number of hydrogen-bond acceptors (Lipinski definition) is 9. The highest BCUT2D eigenvalue weighted by molar-refractivity contribution is 5.80. The minimum absolute atomic E-state index is 0.265. The van der Waals surface area contributed by atoms with E-state index in [1.165, 1.54) is 96.3 Å². The summed E-state index contributed by atoms with van der Waals surface area (Å²) in [5.41, 5.74) is 0. The first kappa shape index (κ1) is 46.9. The van der Waals surface area contributed by atoms with Gasteiger partial charge in [-0.15, -0.1) is 0 Å². The Balaban J connectivity index is 2.49. The molecule has 50 heavy (non-hydrogen) atoms. The quantitative estimate of drug-likeness (QED) is 0.0302. The molecule has 10 heteroatoms. The van der Waals surface area contributed by atoms with Gasteiger partial charge in [0.05, 0.1) is 25.4 Å². The third-order valence-electron chi connectivity index (χ3n) is 9.98. The van der Waals surface area contributed by atoms with Gasteiger partial charge < -0.3 is 45.4 Å². The summed E-state index contributed by atoms with van der Waals surface area (Å²) in [6.07, 6.45) is 22.6. The molecule has 1 amide bonds. The van der Waals surface area contributed by atoms with Crippen LogP contribution in [0.2, 0.25) is 0 Å². The van der Waals surface area contributed by atoms with E-state index in [9.17, 15) is 35.4 Å². The predicted molar refractivity (Wildman–Crippen MR) is 200 cm³/mol. The summed E-state index contributed by atoms with van der Waals surface area (Å²) < 4.78 is 11.1. The Labute approximate surface area is 304 Å². The van der Waals surface area contributed by atoms with E-state index >= 15 is 0 Å². The normalized spacial score (nSPS) is 22.9. The maximum absolute atomic E-state index is 13.0. The number of unbranched alkanes of at least 4 members (excludes halogenated alkanes) is 20. The summed E-state index contributed by atoms with van der Waals surface area (Å²) in [5.74, 6) is -0.595. The average molecular weight is 716 g/mol. The number of aliphatic hydroxyl groups is 6. The van der Waals surface area contributed by atoms with Crippen molar-refractivity contribution in [1.82, 2.24) is 5.32 Å². The molecule has 0 saturated carbocycles. The molecule has 0 radical (unpaired) electrons. The molecule has 0 spiro atoms. The van der Waals surface area contributed by atoms with Crippen LogP contribution in [0.3, 0.4) is 0 Å². The first-order chi connectivity index (χ1) is 24.3. The molecule has 0 bridgehead atoms. The molecule has 10 nitrogen and oxygen atoms in total. The van der Waals surface area contributed by atoms with E-state index in [4.69, 9.17) is 9.47 Å².